The van der Waals surface area contributed by atoms with Crippen molar-refractivity contribution in [3.05, 3.63) is 24.5 Å². The Kier molecular flexibility index (Phi) is 5.39. The van der Waals surface area contributed by atoms with E-state index in [2.05, 4.69) is 27.1 Å². The summed E-state index contributed by atoms with van der Waals surface area (Å²) in [5.41, 5.74) is 1.24. The molecule has 1 N–H and O–H groups in total. The van der Waals surface area contributed by atoms with Crippen molar-refractivity contribution < 1.29 is 14.3 Å². The van der Waals surface area contributed by atoms with Gasteiger partial charge in [-0.3, -0.25) is 4.98 Å². The Balaban J connectivity index is 1.83. The number of piperidine rings is 1. The number of carbonyl (C=O) groups excluding carboxylic acids is 1. The zero-order chi connectivity index (χ0) is 19.6. The van der Waals surface area contributed by atoms with Crippen molar-refractivity contribution >= 4 is 22.7 Å². The molecule has 7 heteroatoms. The van der Waals surface area contributed by atoms with E-state index in [9.17, 15) is 4.79 Å². The first kappa shape index (κ1) is 19.2. The summed E-state index contributed by atoms with van der Waals surface area (Å²) in [6.45, 7) is 9.37. The van der Waals surface area contributed by atoms with Gasteiger partial charge in [-0.2, -0.15) is 0 Å². The lowest BCUT2D eigenvalue weighted by atomic mass is 9.95. The molecule has 2 atom stereocenters. The Morgan fingerprint density at radius 2 is 2.07 bits per heavy atom. The number of anilines is 1. The third kappa shape index (κ3) is 4.59. The highest BCUT2D eigenvalue weighted by Gasteiger charge is 2.29. The number of rotatable bonds is 3. The highest BCUT2D eigenvalue weighted by atomic mass is 16.6. The van der Waals surface area contributed by atoms with Crippen LogP contribution in [0.25, 0.3) is 10.9 Å². The van der Waals surface area contributed by atoms with Gasteiger partial charge in [0, 0.05) is 30.7 Å². The molecule has 2 unspecified atom stereocenters. The van der Waals surface area contributed by atoms with Gasteiger partial charge in [-0.05, 0) is 45.2 Å². The predicted octanol–water partition coefficient (Wildman–Crippen LogP) is 3.38. The molecule has 0 bridgehead atoms. The third-order valence-corrected chi connectivity index (χ3v) is 4.50. The Morgan fingerprint density at radius 1 is 1.30 bits per heavy atom. The van der Waals surface area contributed by atoms with E-state index in [1.54, 1.807) is 13.3 Å². The van der Waals surface area contributed by atoms with Crippen LogP contribution >= 0.6 is 0 Å². The van der Waals surface area contributed by atoms with Gasteiger partial charge in [0.2, 0.25) is 5.88 Å². The van der Waals surface area contributed by atoms with E-state index in [0.717, 1.165) is 29.6 Å². The van der Waals surface area contributed by atoms with Gasteiger partial charge < -0.3 is 19.7 Å². The van der Waals surface area contributed by atoms with Gasteiger partial charge in [-0.15, -0.1) is 0 Å². The summed E-state index contributed by atoms with van der Waals surface area (Å²) in [7, 11) is 1.60. The lowest BCUT2D eigenvalue weighted by molar-refractivity contribution is 0.0495. The summed E-state index contributed by atoms with van der Waals surface area (Å²) in [5.74, 6) is 0.940. The van der Waals surface area contributed by atoms with Crippen LogP contribution in [-0.2, 0) is 4.74 Å². The smallest absolute Gasteiger partial charge is 0.407 e. The molecule has 7 nitrogen and oxygen atoms in total. The molecule has 27 heavy (non-hydrogen) atoms. The van der Waals surface area contributed by atoms with E-state index < -0.39 is 5.60 Å². The van der Waals surface area contributed by atoms with Crippen LogP contribution in [0.3, 0.4) is 0 Å². The number of pyridine rings is 2. The molecular formula is C20H28N4O3. The lowest BCUT2D eigenvalue weighted by Gasteiger charge is -2.38. The van der Waals surface area contributed by atoms with Crippen LogP contribution in [0.2, 0.25) is 0 Å². The normalized spacial score (nSPS) is 20.4. The van der Waals surface area contributed by atoms with Crippen LogP contribution < -0.4 is 15.0 Å². The van der Waals surface area contributed by atoms with E-state index in [4.69, 9.17) is 9.47 Å². The van der Waals surface area contributed by atoms with E-state index in [0.29, 0.717) is 18.3 Å². The highest BCUT2D eigenvalue weighted by molar-refractivity contribution is 5.94. The number of aromatic nitrogens is 2. The van der Waals surface area contributed by atoms with Crippen LogP contribution in [0.15, 0.2) is 24.5 Å². The molecule has 1 saturated heterocycles. The first-order valence-electron chi connectivity index (χ1n) is 9.29. The van der Waals surface area contributed by atoms with Crippen molar-refractivity contribution in [3.63, 3.8) is 0 Å². The van der Waals surface area contributed by atoms with Crippen LogP contribution in [0.1, 0.15) is 34.1 Å². The zero-order valence-electron chi connectivity index (χ0n) is 16.7. The molecule has 2 aromatic rings. The van der Waals surface area contributed by atoms with E-state index >= 15 is 0 Å². The second kappa shape index (κ2) is 7.58. The zero-order valence-corrected chi connectivity index (χ0v) is 16.7. The fourth-order valence-electron chi connectivity index (χ4n) is 3.56. The number of nitrogens with zero attached hydrogens (tertiary/aromatic N) is 3. The maximum atomic E-state index is 12.2. The molecule has 0 saturated carbocycles. The number of hydrogen-bond donors (Lipinski definition) is 1. The molecule has 1 amide bonds. The van der Waals surface area contributed by atoms with Crippen molar-refractivity contribution in [1.29, 1.82) is 0 Å². The monoisotopic (exact) mass is 372 g/mol. The standard InChI is InChI=1S/C20H28N4O3/c1-13-9-14(23-19(25)27-20(2,3)4)12-24(11-13)16-10-22-18(26-5)17-15(16)7-6-8-21-17/h6-8,10,13-14H,9,11-12H2,1-5H3,(H,23,25). The minimum atomic E-state index is -0.508. The number of nitrogens with one attached hydrogen (secondary N) is 1. The summed E-state index contributed by atoms with van der Waals surface area (Å²) in [6, 6.07) is 3.95. The number of fused-ring (bicyclic) bond motifs is 1. The average molecular weight is 372 g/mol. The Labute approximate surface area is 160 Å². The average Bonchev–Trinajstić information content (AvgIpc) is 2.58. The Hall–Kier alpha value is -2.57. The second-order valence-electron chi connectivity index (χ2n) is 8.14. The van der Waals surface area contributed by atoms with E-state index in [1.165, 1.54) is 0 Å². The number of ether oxygens (including phenoxy) is 2. The van der Waals surface area contributed by atoms with Crippen molar-refractivity contribution in [2.24, 2.45) is 5.92 Å². The third-order valence-electron chi connectivity index (χ3n) is 4.50. The van der Waals surface area contributed by atoms with Gasteiger partial charge in [-0.25, -0.2) is 9.78 Å². The summed E-state index contributed by atoms with van der Waals surface area (Å²) in [5, 5.41) is 4.01. The topological polar surface area (TPSA) is 76.6 Å². The molecule has 0 spiro atoms. The quantitative estimate of drug-likeness (QED) is 0.890. The fourth-order valence-corrected chi connectivity index (χ4v) is 3.56. The van der Waals surface area contributed by atoms with Crippen molar-refractivity contribution in [1.82, 2.24) is 15.3 Å². The van der Waals surface area contributed by atoms with Gasteiger partial charge in [0.05, 0.1) is 19.0 Å². The van der Waals surface area contributed by atoms with E-state index in [-0.39, 0.29) is 12.1 Å². The van der Waals surface area contributed by atoms with Crippen molar-refractivity contribution in [3.8, 4) is 5.88 Å². The molecule has 3 rings (SSSR count). The lowest BCUT2D eigenvalue weighted by Crippen LogP contribution is -2.51. The molecule has 1 aliphatic heterocycles. The first-order valence-corrected chi connectivity index (χ1v) is 9.29. The molecule has 0 radical (unpaired) electrons. The van der Waals surface area contributed by atoms with Crippen LogP contribution in [-0.4, -0.2) is 47.9 Å². The second-order valence-corrected chi connectivity index (χ2v) is 8.14. The number of methoxy groups -OCH3 is 1. The molecule has 2 aromatic heterocycles. The predicted molar refractivity (Wildman–Crippen MR) is 105 cm³/mol. The van der Waals surface area contributed by atoms with E-state index in [1.807, 2.05) is 39.1 Å². The summed E-state index contributed by atoms with van der Waals surface area (Å²) < 4.78 is 10.8. The number of alkyl carbamates (subject to hydrolysis) is 1. The van der Waals surface area contributed by atoms with Crippen LogP contribution in [0, 0.1) is 5.92 Å². The minimum Gasteiger partial charge on any atom is -0.479 e. The number of hydrogen-bond acceptors (Lipinski definition) is 6. The van der Waals surface area contributed by atoms with Crippen molar-refractivity contribution in [2.45, 2.75) is 45.8 Å². The molecule has 146 valence electrons. The molecule has 1 fully saturated rings. The Bertz CT molecular complexity index is 818. The van der Waals surface area contributed by atoms with Crippen LogP contribution in [0.5, 0.6) is 5.88 Å². The number of carbonyl (C=O) groups is 1. The SMILES string of the molecule is COc1ncc(N2CC(C)CC(NC(=O)OC(C)(C)C)C2)c2cccnc12. The van der Waals surface area contributed by atoms with Gasteiger partial charge in [-0.1, -0.05) is 6.92 Å². The summed E-state index contributed by atoms with van der Waals surface area (Å²) in [4.78, 5) is 23.3. The maximum absolute atomic E-state index is 12.2. The van der Waals surface area contributed by atoms with Gasteiger partial charge in [0.25, 0.3) is 0 Å². The highest BCUT2D eigenvalue weighted by Crippen LogP contribution is 2.32. The van der Waals surface area contributed by atoms with Crippen LogP contribution in [0.4, 0.5) is 10.5 Å². The molecular weight excluding hydrogens is 344 g/mol. The number of amides is 1. The molecule has 0 aromatic carbocycles. The maximum Gasteiger partial charge on any atom is 0.407 e. The largest absolute Gasteiger partial charge is 0.479 e. The summed E-state index contributed by atoms with van der Waals surface area (Å²) >= 11 is 0. The van der Waals surface area contributed by atoms with Gasteiger partial charge >= 0.3 is 6.09 Å². The Morgan fingerprint density at radius 3 is 2.78 bits per heavy atom. The van der Waals surface area contributed by atoms with Gasteiger partial charge in [0.15, 0.2) is 0 Å². The molecule has 0 aliphatic carbocycles. The molecule has 1 aliphatic rings. The fraction of sp³-hybridized carbons (Fsp3) is 0.550. The summed E-state index contributed by atoms with van der Waals surface area (Å²) in [6.07, 6.45) is 4.10. The van der Waals surface area contributed by atoms with Crippen molar-refractivity contribution in [2.75, 3.05) is 25.1 Å². The van der Waals surface area contributed by atoms with Gasteiger partial charge in [0.1, 0.15) is 11.1 Å². The molecule has 3 heterocycles. The minimum absolute atomic E-state index is 0.0115. The first-order chi connectivity index (χ1) is 12.8.